The molecule has 6 rings (SSSR count). The zero-order valence-corrected chi connectivity index (χ0v) is 26.2. The molecule has 1 saturated carbocycles. The van der Waals surface area contributed by atoms with E-state index in [0.29, 0.717) is 46.5 Å². The lowest BCUT2D eigenvalue weighted by Gasteiger charge is -2.41. The van der Waals surface area contributed by atoms with Crippen LogP contribution in [0.4, 0.5) is 20.5 Å². The maximum absolute atomic E-state index is 15.1. The van der Waals surface area contributed by atoms with Crippen LogP contribution in [0.2, 0.25) is 0 Å². The zero-order valence-electron chi connectivity index (χ0n) is 26.2. The monoisotopic (exact) mass is 602 g/mol. The highest BCUT2D eigenvalue weighted by Crippen LogP contribution is 2.34. The van der Waals surface area contributed by atoms with Crippen molar-refractivity contribution in [3.63, 3.8) is 0 Å². The highest BCUT2D eigenvalue weighted by molar-refractivity contribution is 5.95. The zero-order chi connectivity index (χ0) is 31.3. The summed E-state index contributed by atoms with van der Waals surface area (Å²) >= 11 is 0. The molecule has 2 aliphatic rings. The Bertz CT molecular complexity index is 1700. The van der Waals surface area contributed by atoms with Crippen LogP contribution in [0, 0.1) is 25.5 Å². The number of likely N-dealkylation sites (tertiary alicyclic amines) is 1. The minimum absolute atomic E-state index is 0.0175. The predicted molar refractivity (Wildman–Crippen MR) is 167 cm³/mol. The van der Waals surface area contributed by atoms with E-state index < -0.39 is 11.6 Å². The third-order valence-corrected chi connectivity index (χ3v) is 8.75. The highest BCUT2D eigenvalue weighted by atomic mass is 19.1. The van der Waals surface area contributed by atoms with Gasteiger partial charge in [-0.05, 0) is 91.5 Å². The number of benzene rings is 1. The van der Waals surface area contributed by atoms with Gasteiger partial charge in [-0.25, -0.2) is 28.7 Å². The molecule has 4 aromatic rings. The van der Waals surface area contributed by atoms with E-state index in [0.717, 1.165) is 32.1 Å². The molecule has 0 unspecified atom stereocenters. The van der Waals surface area contributed by atoms with E-state index in [1.807, 2.05) is 30.2 Å². The Balaban J connectivity index is 1.18. The SMILES string of the molecule is Cc1nc(Nc2ncc(F)c(-c3cc(F)c4nc(C)n(C(C)C)c4c3)n2)ccc1C(=O)N1CCC(N(C(C)C)C2CC2)CC1. The summed E-state index contributed by atoms with van der Waals surface area (Å²) in [4.78, 5) is 35.4. The fraction of sp³-hybridized carbons (Fsp3) is 0.485. The molecule has 0 radical (unpaired) electrons. The minimum atomic E-state index is -0.677. The van der Waals surface area contributed by atoms with E-state index in [9.17, 15) is 9.18 Å². The lowest BCUT2D eigenvalue weighted by Crippen LogP contribution is -2.49. The third kappa shape index (κ3) is 5.77. The van der Waals surface area contributed by atoms with E-state index in [-0.39, 0.29) is 34.7 Å². The summed E-state index contributed by atoms with van der Waals surface area (Å²) in [7, 11) is 0. The first-order valence-corrected chi connectivity index (χ1v) is 15.5. The smallest absolute Gasteiger partial charge is 0.255 e. The number of nitrogens with one attached hydrogen (secondary N) is 1. The summed E-state index contributed by atoms with van der Waals surface area (Å²) in [6, 6.07) is 8.19. The van der Waals surface area contributed by atoms with Crippen molar-refractivity contribution in [1.82, 2.24) is 34.3 Å². The van der Waals surface area contributed by atoms with Crippen LogP contribution in [0.25, 0.3) is 22.3 Å². The van der Waals surface area contributed by atoms with E-state index in [2.05, 4.69) is 44.0 Å². The van der Waals surface area contributed by atoms with Gasteiger partial charge in [0.25, 0.3) is 5.91 Å². The molecular formula is C33H40F2N8O. The lowest BCUT2D eigenvalue weighted by molar-refractivity contribution is 0.0546. The van der Waals surface area contributed by atoms with Crippen molar-refractivity contribution in [1.29, 1.82) is 0 Å². The standard InChI is InChI=1S/C33H40F2N8O/c1-18(2)42-21(6)38-31-26(34)15-22(16-28(31)42)30-27(35)17-36-33(40-30)39-29-10-9-25(20(5)37-29)32(44)41-13-11-24(12-14-41)43(19(3)4)23-7-8-23/h9-10,15-19,23-24H,7-8,11-14H2,1-6H3,(H,36,37,39,40). The number of amides is 1. The molecule has 1 aliphatic heterocycles. The van der Waals surface area contributed by atoms with Gasteiger partial charge in [-0.1, -0.05) is 0 Å². The number of anilines is 2. The number of carbonyl (C=O) groups is 1. The maximum atomic E-state index is 15.1. The molecule has 9 nitrogen and oxygen atoms in total. The summed E-state index contributed by atoms with van der Waals surface area (Å²) in [5.41, 5.74) is 2.18. The van der Waals surface area contributed by atoms with Gasteiger partial charge < -0.3 is 14.8 Å². The van der Waals surface area contributed by atoms with Gasteiger partial charge in [-0.2, -0.15) is 0 Å². The molecule has 0 spiro atoms. The van der Waals surface area contributed by atoms with E-state index in [1.165, 1.54) is 18.9 Å². The van der Waals surface area contributed by atoms with Crippen LogP contribution in [0.5, 0.6) is 0 Å². The molecule has 1 N–H and O–H groups in total. The van der Waals surface area contributed by atoms with Crippen LogP contribution in [-0.2, 0) is 0 Å². The molecule has 1 amide bonds. The van der Waals surface area contributed by atoms with Gasteiger partial charge in [0.1, 0.15) is 22.9 Å². The van der Waals surface area contributed by atoms with Crippen molar-refractivity contribution in [2.75, 3.05) is 18.4 Å². The number of imidazole rings is 1. The first-order valence-electron chi connectivity index (χ1n) is 15.5. The lowest BCUT2D eigenvalue weighted by atomic mass is 10.00. The van der Waals surface area contributed by atoms with E-state index >= 15 is 4.39 Å². The first-order chi connectivity index (χ1) is 21.0. The predicted octanol–water partition coefficient (Wildman–Crippen LogP) is 6.59. The second-order valence-electron chi connectivity index (χ2n) is 12.6. The number of carbonyl (C=O) groups excluding carboxylic acids is 1. The molecule has 1 saturated heterocycles. The molecule has 4 heterocycles. The number of hydrogen-bond acceptors (Lipinski definition) is 7. The molecular weight excluding hydrogens is 562 g/mol. The molecule has 0 bridgehead atoms. The molecule has 2 fully saturated rings. The van der Waals surface area contributed by atoms with E-state index in [4.69, 9.17) is 0 Å². The molecule has 0 atom stereocenters. The Labute approximate surface area is 256 Å². The van der Waals surface area contributed by atoms with Gasteiger partial charge in [0.2, 0.25) is 5.95 Å². The number of halogens is 2. The Morgan fingerprint density at radius 3 is 2.30 bits per heavy atom. The molecule has 3 aromatic heterocycles. The number of aryl methyl sites for hydroxylation is 2. The van der Waals surface area contributed by atoms with Crippen molar-refractivity contribution in [2.45, 2.75) is 91.4 Å². The number of hydrogen-bond donors (Lipinski definition) is 1. The molecule has 1 aliphatic carbocycles. The third-order valence-electron chi connectivity index (χ3n) is 8.75. The summed E-state index contributed by atoms with van der Waals surface area (Å²) in [5.74, 6) is -0.0400. The molecule has 232 valence electrons. The van der Waals surface area contributed by atoms with Crippen molar-refractivity contribution in [3.8, 4) is 11.3 Å². The highest BCUT2D eigenvalue weighted by Gasteiger charge is 2.37. The second-order valence-corrected chi connectivity index (χ2v) is 12.6. The average Bonchev–Trinajstić information content (AvgIpc) is 3.74. The molecule has 11 heteroatoms. The van der Waals surface area contributed by atoms with Crippen molar-refractivity contribution in [3.05, 3.63) is 59.2 Å². The Morgan fingerprint density at radius 1 is 0.955 bits per heavy atom. The number of piperidine rings is 1. The number of fused-ring (bicyclic) bond motifs is 1. The van der Waals surface area contributed by atoms with Gasteiger partial charge >= 0.3 is 0 Å². The van der Waals surface area contributed by atoms with Crippen molar-refractivity contribution >= 4 is 28.7 Å². The summed E-state index contributed by atoms with van der Waals surface area (Å²) in [5, 5.41) is 3.02. The first kappa shape index (κ1) is 30.1. The van der Waals surface area contributed by atoms with E-state index in [1.54, 1.807) is 25.1 Å². The Morgan fingerprint density at radius 2 is 1.66 bits per heavy atom. The Hall–Kier alpha value is -3.99. The number of nitrogens with zero attached hydrogens (tertiary/aromatic N) is 7. The average molecular weight is 603 g/mol. The van der Waals surface area contributed by atoms with Crippen LogP contribution >= 0.6 is 0 Å². The van der Waals surface area contributed by atoms with Crippen molar-refractivity contribution in [2.24, 2.45) is 0 Å². The fourth-order valence-corrected chi connectivity index (χ4v) is 6.71. The molecule has 1 aromatic carbocycles. The minimum Gasteiger partial charge on any atom is -0.338 e. The van der Waals surface area contributed by atoms with Crippen LogP contribution < -0.4 is 5.32 Å². The summed E-state index contributed by atoms with van der Waals surface area (Å²) in [6.07, 6.45) is 5.58. The van der Waals surface area contributed by atoms with Crippen LogP contribution in [0.1, 0.15) is 81.3 Å². The van der Waals surface area contributed by atoms with Gasteiger partial charge in [0.15, 0.2) is 11.6 Å². The topological polar surface area (TPSA) is 92.1 Å². The van der Waals surface area contributed by atoms with Gasteiger partial charge in [0, 0.05) is 42.8 Å². The van der Waals surface area contributed by atoms with Crippen LogP contribution in [0.3, 0.4) is 0 Å². The summed E-state index contributed by atoms with van der Waals surface area (Å²) < 4.78 is 31.9. The van der Waals surface area contributed by atoms with Gasteiger partial charge in [-0.3, -0.25) is 9.69 Å². The molecule has 44 heavy (non-hydrogen) atoms. The maximum Gasteiger partial charge on any atom is 0.255 e. The van der Waals surface area contributed by atoms with Gasteiger partial charge in [-0.15, -0.1) is 0 Å². The number of rotatable bonds is 8. The van der Waals surface area contributed by atoms with Crippen LogP contribution in [-0.4, -0.2) is 71.4 Å². The number of pyridine rings is 1. The Kier molecular flexibility index (Phi) is 8.08. The second kappa shape index (κ2) is 11.8. The van der Waals surface area contributed by atoms with Crippen molar-refractivity contribution < 1.29 is 13.6 Å². The normalized spacial score (nSPS) is 16.1. The fourth-order valence-electron chi connectivity index (χ4n) is 6.71. The van der Waals surface area contributed by atoms with Crippen LogP contribution in [0.15, 0.2) is 30.5 Å². The quantitative estimate of drug-likeness (QED) is 0.243. The van der Waals surface area contributed by atoms with Gasteiger partial charge in [0.05, 0.1) is 23.0 Å². The summed E-state index contributed by atoms with van der Waals surface area (Å²) in [6.45, 7) is 13.6. The largest absolute Gasteiger partial charge is 0.338 e. The number of aromatic nitrogens is 5.